The molecule has 1 spiro atoms. The van der Waals surface area contributed by atoms with Gasteiger partial charge in [0.25, 0.3) is 0 Å². The zero-order valence-corrected chi connectivity index (χ0v) is 17.2. The number of halogens is 3. The molecule has 3 saturated carbocycles. The number of rotatable bonds is 2. The largest absolute Gasteiger partial charge is 0.389 e. The van der Waals surface area contributed by atoms with Crippen molar-refractivity contribution in [2.45, 2.75) is 76.0 Å². The van der Waals surface area contributed by atoms with Gasteiger partial charge in [-0.15, -0.1) is 0 Å². The Morgan fingerprint density at radius 2 is 2.00 bits per heavy atom. The fourth-order valence-corrected chi connectivity index (χ4v) is 7.75. The number of fused-ring (bicyclic) bond motifs is 5. The molecule has 6 heteroatoms. The Morgan fingerprint density at radius 3 is 2.72 bits per heavy atom. The van der Waals surface area contributed by atoms with Crippen molar-refractivity contribution in [2.24, 2.45) is 29.1 Å². The van der Waals surface area contributed by atoms with Gasteiger partial charge in [0.1, 0.15) is 5.72 Å². The molecule has 29 heavy (non-hydrogen) atoms. The summed E-state index contributed by atoms with van der Waals surface area (Å²) in [5.74, 6) is 0.402. The Hall–Kier alpha value is -0.850. The van der Waals surface area contributed by atoms with Crippen LogP contribution in [0.15, 0.2) is 23.6 Å². The molecule has 0 aromatic heterocycles. The van der Waals surface area contributed by atoms with Crippen LogP contribution in [0.3, 0.4) is 0 Å². The van der Waals surface area contributed by atoms with Crippen LogP contribution in [0.5, 0.6) is 0 Å². The summed E-state index contributed by atoms with van der Waals surface area (Å²) in [6.07, 6.45) is 6.75. The van der Waals surface area contributed by atoms with E-state index < -0.39 is 29.3 Å². The molecule has 3 nitrogen and oxygen atoms in total. The van der Waals surface area contributed by atoms with Gasteiger partial charge in [0.15, 0.2) is 5.83 Å². The molecule has 0 aromatic carbocycles. The van der Waals surface area contributed by atoms with Crippen molar-refractivity contribution < 1.29 is 23.0 Å². The van der Waals surface area contributed by atoms with Gasteiger partial charge in [-0.3, -0.25) is 5.32 Å². The summed E-state index contributed by atoms with van der Waals surface area (Å²) in [6.45, 7) is 3.73. The first-order valence-electron chi connectivity index (χ1n) is 11.3. The standard InChI is InChI=1S/C23H32F3NO2/c1-21-7-4-16-15-5-9-23(27-10-11-29-23)12-14(15)2-3-17(16)18(21)6-8-22(21,28)13-19(24)20(25)26/h4,14-15,17-18,27-28H,2-3,5-13H2,1H3/t14?,15?,17?,18?,21?,22-,23?/m1/s1. The highest BCUT2D eigenvalue weighted by Crippen LogP contribution is 2.65. The normalized spacial score (nSPS) is 48.7. The molecule has 0 bridgehead atoms. The molecule has 5 aliphatic rings. The third-order valence-electron chi connectivity index (χ3n) is 9.30. The van der Waals surface area contributed by atoms with Gasteiger partial charge in [-0.25, -0.2) is 4.39 Å². The average molecular weight is 412 g/mol. The zero-order chi connectivity index (χ0) is 20.4. The molecule has 1 saturated heterocycles. The lowest BCUT2D eigenvalue weighted by Crippen LogP contribution is -2.52. The predicted octanol–water partition coefficient (Wildman–Crippen LogP) is 5.07. The average Bonchev–Trinajstić information content (AvgIpc) is 3.24. The Balaban J connectivity index is 1.39. The van der Waals surface area contributed by atoms with Gasteiger partial charge in [-0.05, 0) is 75.0 Å². The van der Waals surface area contributed by atoms with Gasteiger partial charge in [0.05, 0.1) is 12.2 Å². The van der Waals surface area contributed by atoms with E-state index in [2.05, 4.69) is 11.4 Å². The van der Waals surface area contributed by atoms with Crippen LogP contribution < -0.4 is 5.32 Å². The van der Waals surface area contributed by atoms with Crippen molar-refractivity contribution >= 4 is 0 Å². The first-order chi connectivity index (χ1) is 13.8. The van der Waals surface area contributed by atoms with Gasteiger partial charge < -0.3 is 9.84 Å². The van der Waals surface area contributed by atoms with E-state index in [1.807, 2.05) is 6.92 Å². The Morgan fingerprint density at radius 1 is 1.17 bits per heavy atom. The van der Waals surface area contributed by atoms with E-state index in [1.165, 1.54) is 5.57 Å². The van der Waals surface area contributed by atoms with Crippen LogP contribution in [0.2, 0.25) is 0 Å². The fraction of sp³-hybridized carbons (Fsp3) is 0.826. The van der Waals surface area contributed by atoms with Crippen LogP contribution in [-0.4, -0.2) is 29.6 Å². The second-order valence-corrected chi connectivity index (χ2v) is 10.4. The maximum atomic E-state index is 13.8. The first kappa shape index (κ1) is 20.1. The summed E-state index contributed by atoms with van der Waals surface area (Å²) in [4.78, 5) is 0. The third kappa shape index (κ3) is 2.96. The lowest BCUT2D eigenvalue weighted by atomic mass is 9.52. The molecule has 2 N–H and O–H groups in total. The molecule has 0 amide bonds. The number of nitrogens with one attached hydrogen (secondary N) is 1. The number of hydrogen-bond acceptors (Lipinski definition) is 3. The number of aliphatic hydroxyl groups is 1. The van der Waals surface area contributed by atoms with Crippen LogP contribution in [0, 0.1) is 29.1 Å². The van der Waals surface area contributed by atoms with Gasteiger partial charge in [-0.2, -0.15) is 8.78 Å². The van der Waals surface area contributed by atoms with Crippen molar-refractivity contribution in [1.82, 2.24) is 5.32 Å². The van der Waals surface area contributed by atoms with Gasteiger partial charge in [0.2, 0.25) is 0 Å². The van der Waals surface area contributed by atoms with Crippen molar-refractivity contribution in [3.05, 3.63) is 23.6 Å². The Labute approximate surface area is 170 Å². The minimum absolute atomic E-state index is 0.119. The highest BCUT2D eigenvalue weighted by Gasteiger charge is 2.61. The fourth-order valence-electron chi connectivity index (χ4n) is 7.75. The Kier molecular flexibility index (Phi) is 4.73. The lowest BCUT2D eigenvalue weighted by molar-refractivity contribution is -0.0944. The zero-order valence-electron chi connectivity index (χ0n) is 17.2. The molecular formula is C23H32F3NO2. The van der Waals surface area contributed by atoms with Crippen LogP contribution in [-0.2, 0) is 4.74 Å². The quantitative estimate of drug-likeness (QED) is 0.623. The highest BCUT2D eigenvalue weighted by molar-refractivity contribution is 5.28. The van der Waals surface area contributed by atoms with Crippen LogP contribution >= 0.6 is 0 Å². The molecule has 4 fully saturated rings. The van der Waals surface area contributed by atoms with Crippen LogP contribution in [0.25, 0.3) is 0 Å². The lowest BCUT2D eigenvalue weighted by Gasteiger charge is -2.54. The molecule has 7 atom stereocenters. The van der Waals surface area contributed by atoms with Crippen LogP contribution in [0.1, 0.15) is 64.7 Å². The summed E-state index contributed by atoms with van der Waals surface area (Å²) < 4.78 is 45.4. The summed E-state index contributed by atoms with van der Waals surface area (Å²) in [5, 5.41) is 14.8. The monoisotopic (exact) mass is 411 g/mol. The maximum absolute atomic E-state index is 13.8. The molecule has 6 unspecified atom stereocenters. The SMILES string of the molecule is CC12CC=C3C4CCC5(CC4CCC3C1CC[C@@]2(O)CC(F)=C(F)F)NCCO5. The molecule has 0 aromatic rings. The van der Waals surface area contributed by atoms with E-state index in [4.69, 9.17) is 4.74 Å². The number of hydrogen-bond donors (Lipinski definition) is 2. The van der Waals surface area contributed by atoms with Gasteiger partial charge in [-0.1, -0.05) is 18.6 Å². The van der Waals surface area contributed by atoms with E-state index in [0.29, 0.717) is 30.6 Å². The summed E-state index contributed by atoms with van der Waals surface area (Å²) >= 11 is 0. The van der Waals surface area contributed by atoms with Gasteiger partial charge >= 0.3 is 6.08 Å². The minimum atomic E-state index is -2.29. The smallest absolute Gasteiger partial charge is 0.301 e. The summed E-state index contributed by atoms with van der Waals surface area (Å²) in [6, 6.07) is 0. The van der Waals surface area contributed by atoms with Crippen molar-refractivity contribution in [3.63, 3.8) is 0 Å². The molecule has 1 heterocycles. The Bertz CT molecular complexity index is 742. The molecule has 1 aliphatic heterocycles. The van der Waals surface area contributed by atoms with E-state index >= 15 is 0 Å². The second-order valence-electron chi connectivity index (χ2n) is 10.4. The molecule has 5 rings (SSSR count). The first-order valence-corrected chi connectivity index (χ1v) is 11.3. The topological polar surface area (TPSA) is 41.5 Å². The van der Waals surface area contributed by atoms with Crippen molar-refractivity contribution in [1.29, 1.82) is 0 Å². The maximum Gasteiger partial charge on any atom is 0.301 e. The predicted molar refractivity (Wildman–Crippen MR) is 104 cm³/mol. The highest BCUT2D eigenvalue weighted by atomic mass is 19.3. The molecule has 0 radical (unpaired) electrons. The third-order valence-corrected chi connectivity index (χ3v) is 9.30. The molecule has 4 aliphatic carbocycles. The molecule has 162 valence electrons. The summed E-state index contributed by atoms with van der Waals surface area (Å²) in [5.41, 5.74) is -0.505. The second kappa shape index (κ2) is 6.83. The molecular weight excluding hydrogens is 379 g/mol. The van der Waals surface area contributed by atoms with E-state index in [-0.39, 0.29) is 11.6 Å². The van der Waals surface area contributed by atoms with Crippen LogP contribution in [0.4, 0.5) is 13.2 Å². The van der Waals surface area contributed by atoms with Crippen molar-refractivity contribution in [3.8, 4) is 0 Å². The van der Waals surface area contributed by atoms with Crippen molar-refractivity contribution in [2.75, 3.05) is 13.2 Å². The van der Waals surface area contributed by atoms with E-state index in [1.54, 1.807) is 0 Å². The van der Waals surface area contributed by atoms with E-state index in [0.717, 1.165) is 51.7 Å². The van der Waals surface area contributed by atoms with E-state index in [9.17, 15) is 18.3 Å². The number of allylic oxidation sites excluding steroid dienone is 2. The van der Waals surface area contributed by atoms with Gasteiger partial charge in [0, 0.05) is 18.4 Å². The summed E-state index contributed by atoms with van der Waals surface area (Å²) in [7, 11) is 0. The number of ether oxygens (including phenoxy) is 1. The minimum Gasteiger partial charge on any atom is -0.389 e.